The number of hydrogen-bond acceptors (Lipinski definition) is 4. The van der Waals surface area contributed by atoms with Crippen molar-refractivity contribution in [3.63, 3.8) is 0 Å². The molecule has 1 saturated heterocycles. The highest BCUT2D eigenvalue weighted by Gasteiger charge is 2.30. The summed E-state index contributed by atoms with van der Waals surface area (Å²) in [4.78, 5) is 6.64. The summed E-state index contributed by atoms with van der Waals surface area (Å²) < 4.78 is 27.7. The topological polar surface area (TPSA) is 65.5 Å². The van der Waals surface area contributed by atoms with Crippen molar-refractivity contribution in [2.24, 2.45) is 0 Å². The summed E-state index contributed by atoms with van der Waals surface area (Å²) in [7, 11) is -3.58. The number of para-hydroxylation sites is 1. The molecule has 1 aliphatic heterocycles. The summed E-state index contributed by atoms with van der Waals surface area (Å²) in [5.74, 6) is 0. The Morgan fingerprint density at radius 3 is 2.68 bits per heavy atom. The number of aromatic nitrogens is 1. The molecule has 134 valence electrons. The Balaban J connectivity index is 1.85. The first-order valence-corrected chi connectivity index (χ1v) is 10.2. The molecule has 3 rings (SSSR count). The van der Waals surface area contributed by atoms with Crippen molar-refractivity contribution in [1.82, 2.24) is 19.5 Å². The van der Waals surface area contributed by atoms with Gasteiger partial charge in [0.2, 0.25) is 10.0 Å². The van der Waals surface area contributed by atoms with Gasteiger partial charge in [-0.25, -0.2) is 8.42 Å². The average molecular weight is 379 g/mol. The highest BCUT2D eigenvalue weighted by atomic mass is 32.2. The molecule has 0 aliphatic carbocycles. The van der Waals surface area contributed by atoms with Gasteiger partial charge in [0.05, 0.1) is 5.52 Å². The SMILES string of the molecule is CCNC(=S)N1CCN(S(=O)(=O)c2cccc3cc(C)cnc23)CC1. The van der Waals surface area contributed by atoms with E-state index in [2.05, 4.69) is 10.3 Å². The Morgan fingerprint density at radius 2 is 2.00 bits per heavy atom. The summed E-state index contributed by atoms with van der Waals surface area (Å²) >= 11 is 5.31. The molecule has 8 heteroatoms. The second-order valence-corrected chi connectivity index (χ2v) is 8.36. The lowest BCUT2D eigenvalue weighted by atomic mass is 10.2. The van der Waals surface area contributed by atoms with E-state index >= 15 is 0 Å². The summed E-state index contributed by atoms with van der Waals surface area (Å²) in [6.07, 6.45) is 1.70. The van der Waals surface area contributed by atoms with Crippen molar-refractivity contribution >= 4 is 38.3 Å². The zero-order valence-corrected chi connectivity index (χ0v) is 16.0. The lowest BCUT2D eigenvalue weighted by molar-refractivity contribution is 0.264. The maximum atomic E-state index is 13.1. The molecular weight excluding hydrogens is 356 g/mol. The van der Waals surface area contributed by atoms with Crippen LogP contribution < -0.4 is 5.32 Å². The second-order valence-electron chi connectivity index (χ2n) is 6.07. The van der Waals surface area contributed by atoms with Crippen molar-refractivity contribution in [3.05, 3.63) is 36.0 Å². The van der Waals surface area contributed by atoms with Crippen molar-refractivity contribution in [3.8, 4) is 0 Å². The van der Waals surface area contributed by atoms with E-state index in [1.165, 1.54) is 4.31 Å². The molecule has 0 spiro atoms. The predicted molar refractivity (Wildman–Crippen MR) is 103 cm³/mol. The third-order valence-corrected chi connectivity index (χ3v) is 6.62. The van der Waals surface area contributed by atoms with Gasteiger partial charge < -0.3 is 10.2 Å². The number of nitrogens with zero attached hydrogens (tertiary/aromatic N) is 3. The number of thiocarbonyl (C=S) groups is 1. The Labute approximate surface area is 153 Å². The molecule has 0 amide bonds. The second kappa shape index (κ2) is 7.23. The molecule has 2 aromatic rings. The molecule has 0 bridgehead atoms. The van der Waals surface area contributed by atoms with Crippen LogP contribution in [0.4, 0.5) is 0 Å². The van der Waals surface area contributed by atoms with Crippen LogP contribution in [0.1, 0.15) is 12.5 Å². The first-order valence-electron chi connectivity index (χ1n) is 8.32. The van der Waals surface area contributed by atoms with Gasteiger partial charge in [-0.3, -0.25) is 4.98 Å². The van der Waals surface area contributed by atoms with Crippen molar-refractivity contribution in [2.45, 2.75) is 18.7 Å². The molecule has 0 atom stereocenters. The number of fused-ring (bicyclic) bond motifs is 1. The summed E-state index contributed by atoms with van der Waals surface area (Å²) in [6.45, 7) is 6.69. The van der Waals surface area contributed by atoms with Crippen molar-refractivity contribution in [2.75, 3.05) is 32.7 Å². The van der Waals surface area contributed by atoms with Crippen LogP contribution in [-0.2, 0) is 10.0 Å². The molecule has 25 heavy (non-hydrogen) atoms. The maximum Gasteiger partial charge on any atom is 0.245 e. The van der Waals surface area contributed by atoms with E-state index in [0.29, 0.717) is 36.8 Å². The van der Waals surface area contributed by atoms with Gasteiger partial charge in [0.15, 0.2) is 5.11 Å². The van der Waals surface area contributed by atoms with Crippen molar-refractivity contribution in [1.29, 1.82) is 0 Å². The standard InChI is InChI=1S/C17H22N4O2S2/c1-3-18-17(24)20-7-9-21(10-8-20)25(22,23)15-6-4-5-14-11-13(2)12-19-16(14)15/h4-6,11-12H,3,7-10H2,1-2H3,(H,18,24). The van der Waals surface area contributed by atoms with E-state index in [1.807, 2.05) is 30.9 Å². The average Bonchev–Trinajstić information content (AvgIpc) is 2.61. The predicted octanol–water partition coefficient (Wildman–Crippen LogP) is 1.74. The minimum atomic E-state index is -3.58. The lowest BCUT2D eigenvalue weighted by Crippen LogP contribution is -2.52. The molecule has 0 radical (unpaired) electrons. The molecule has 1 N–H and O–H groups in total. The third kappa shape index (κ3) is 3.61. The number of aryl methyl sites for hydroxylation is 1. The molecule has 1 aromatic carbocycles. The fraction of sp³-hybridized carbons (Fsp3) is 0.412. The minimum Gasteiger partial charge on any atom is -0.363 e. The van der Waals surface area contributed by atoms with Gasteiger partial charge in [-0.2, -0.15) is 4.31 Å². The van der Waals surface area contributed by atoms with Gasteiger partial charge in [-0.05, 0) is 43.8 Å². The highest BCUT2D eigenvalue weighted by molar-refractivity contribution is 7.89. The minimum absolute atomic E-state index is 0.271. The van der Waals surface area contributed by atoms with Gasteiger partial charge in [-0.15, -0.1) is 0 Å². The van der Waals surface area contributed by atoms with Crippen LogP contribution in [0.3, 0.4) is 0 Å². The van der Waals surface area contributed by atoms with Gasteiger partial charge >= 0.3 is 0 Å². The van der Waals surface area contributed by atoms with Crippen LogP contribution in [0.15, 0.2) is 35.4 Å². The fourth-order valence-corrected chi connectivity index (χ4v) is 4.90. The zero-order chi connectivity index (χ0) is 18.0. The smallest absolute Gasteiger partial charge is 0.245 e. The van der Waals surface area contributed by atoms with E-state index in [9.17, 15) is 8.42 Å². The molecule has 1 fully saturated rings. The van der Waals surface area contributed by atoms with E-state index in [0.717, 1.165) is 17.5 Å². The number of piperazine rings is 1. The Bertz CT molecular complexity index is 891. The van der Waals surface area contributed by atoms with Crippen LogP contribution >= 0.6 is 12.2 Å². The fourth-order valence-electron chi connectivity index (χ4n) is 2.98. The van der Waals surface area contributed by atoms with E-state index < -0.39 is 10.0 Å². The van der Waals surface area contributed by atoms with Crippen LogP contribution in [0.25, 0.3) is 10.9 Å². The van der Waals surface area contributed by atoms with Gasteiger partial charge in [0, 0.05) is 44.3 Å². The first kappa shape index (κ1) is 18.0. The van der Waals surface area contributed by atoms with Crippen LogP contribution in [0.2, 0.25) is 0 Å². The van der Waals surface area contributed by atoms with Gasteiger partial charge in [0.1, 0.15) is 4.90 Å². The Kier molecular flexibility index (Phi) is 5.21. The van der Waals surface area contributed by atoms with Crippen LogP contribution in [0.5, 0.6) is 0 Å². The van der Waals surface area contributed by atoms with E-state index in [-0.39, 0.29) is 4.90 Å². The number of sulfonamides is 1. The number of hydrogen-bond donors (Lipinski definition) is 1. The lowest BCUT2D eigenvalue weighted by Gasteiger charge is -2.35. The highest BCUT2D eigenvalue weighted by Crippen LogP contribution is 2.25. The Morgan fingerprint density at radius 1 is 1.28 bits per heavy atom. The van der Waals surface area contributed by atoms with Gasteiger partial charge in [0.25, 0.3) is 0 Å². The molecule has 6 nitrogen and oxygen atoms in total. The monoisotopic (exact) mass is 378 g/mol. The summed E-state index contributed by atoms with van der Waals surface area (Å²) in [6, 6.07) is 7.25. The Hall–Kier alpha value is -1.77. The van der Waals surface area contributed by atoms with Crippen molar-refractivity contribution < 1.29 is 8.42 Å². The number of rotatable bonds is 3. The normalized spacial score (nSPS) is 16.2. The molecule has 1 aliphatic rings. The molecule has 0 saturated carbocycles. The number of benzene rings is 1. The molecular formula is C17H22N4O2S2. The quantitative estimate of drug-likeness (QED) is 0.821. The maximum absolute atomic E-state index is 13.1. The van der Waals surface area contributed by atoms with E-state index in [1.54, 1.807) is 18.3 Å². The van der Waals surface area contributed by atoms with E-state index in [4.69, 9.17) is 12.2 Å². The first-order chi connectivity index (χ1) is 11.9. The molecule has 1 aromatic heterocycles. The third-order valence-electron chi connectivity index (χ3n) is 4.28. The zero-order valence-electron chi connectivity index (χ0n) is 14.4. The van der Waals surface area contributed by atoms with Crippen LogP contribution in [-0.4, -0.2) is 60.4 Å². The van der Waals surface area contributed by atoms with Gasteiger partial charge in [-0.1, -0.05) is 12.1 Å². The number of nitrogens with one attached hydrogen (secondary N) is 1. The molecule has 2 heterocycles. The summed E-state index contributed by atoms with van der Waals surface area (Å²) in [5.41, 5.74) is 1.53. The summed E-state index contributed by atoms with van der Waals surface area (Å²) in [5, 5.41) is 4.63. The molecule has 0 unspecified atom stereocenters. The number of pyridine rings is 1. The van der Waals surface area contributed by atoms with Crippen LogP contribution in [0, 0.1) is 6.92 Å². The largest absolute Gasteiger partial charge is 0.363 e.